The predicted octanol–water partition coefficient (Wildman–Crippen LogP) is 10.8. The molecule has 182 valence electrons. The molecule has 0 amide bonds. The van der Waals surface area contributed by atoms with Crippen molar-refractivity contribution < 1.29 is 4.74 Å². The first kappa shape index (κ1) is 30.7. The summed E-state index contributed by atoms with van der Waals surface area (Å²) < 4.78 is 7.67. The molecule has 1 unspecified atom stereocenters. The van der Waals surface area contributed by atoms with E-state index in [9.17, 15) is 0 Å². The molecule has 0 saturated heterocycles. The quantitative estimate of drug-likeness (QED) is 0.0607. The Hall–Kier alpha value is 0.690. The molecule has 1 atom stereocenters. The van der Waals surface area contributed by atoms with Crippen LogP contribution in [0.5, 0.6) is 0 Å². The topological polar surface area (TPSA) is 9.23 Å². The lowest BCUT2D eigenvalue weighted by atomic mass is 10.0. The van der Waals surface area contributed by atoms with Gasteiger partial charge in [-0.2, -0.15) is 0 Å². The van der Waals surface area contributed by atoms with Crippen molar-refractivity contribution in [2.45, 2.75) is 168 Å². The van der Waals surface area contributed by atoms with Crippen molar-refractivity contribution in [2.24, 2.45) is 0 Å². The van der Waals surface area contributed by atoms with Crippen LogP contribution in [0, 0.1) is 0 Å². The largest absolute Gasteiger partial charge is 0.378 e. The summed E-state index contributed by atoms with van der Waals surface area (Å²) in [7, 11) is 0. The SMILES string of the molecule is CCCCCCCCCCCCC(CCCCCCI)OCCCCCCCCC. The van der Waals surface area contributed by atoms with Crippen molar-refractivity contribution in [3.63, 3.8) is 0 Å². The molecule has 0 fully saturated rings. The summed E-state index contributed by atoms with van der Waals surface area (Å²) in [5, 5.41) is 0. The van der Waals surface area contributed by atoms with Crippen LogP contribution in [0.4, 0.5) is 0 Å². The average Bonchev–Trinajstić information content (AvgIpc) is 2.76. The summed E-state index contributed by atoms with van der Waals surface area (Å²) in [4.78, 5) is 0. The van der Waals surface area contributed by atoms with Gasteiger partial charge in [-0.25, -0.2) is 0 Å². The van der Waals surface area contributed by atoms with Crippen LogP contribution < -0.4 is 0 Å². The summed E-state index contributed by atoms with van der Waals surface area (Å²) >= 11 is 2.50. The number of halogens is 1. The maximum atomic E-state index is 6.36. The molecule has 2 heteroatoms. The van der Waals surface area contributed by atoms with Gasteiger partial charge in [0.15, 0.2) is 0 Å². The zero-order chi connectivity index (χ0) is 22.0. The van der Waals surface area contributed by atoms with Gasteiger partial charge >= 0.3 is 0 Å². The van der Waals surface area contributed by atoms with Crippen molar-refractivity contribution >= 4 is 22.6 Å². The van der Waals surface area contributed by atoms with Crippen LogP contribution in [0.15, 0.2) is 0 Å². The van der Waals surface area contributed by atoms with Gasteiger partial charge in [-0.1, -0.05) is 158 Å². The minimum Gasteiger partial charge on any atom is -0.378 e. The molecule has 0 heterocycles. The highest BCUT2D eigenvalue weighted by Crippen LogP contribution is 2.18. The fourth-order valence-corrected chi connectivity index (χ4v) is 4.84. The summed E-state index contributed by atoms with van der Waals surface area (Å²) in [6.07, 6.45) is 32.7. The van der Waals surface area contributed by atoms with Crippen LogP contribution in [0.3, 0.4) is 0 Å². The zero-order valence-corrected chi connectivity index (χ0v) is 23.2. The number of alkyl halides is 1. The molecule has 0 spiro atoms. The van der Waals surface area contributed by atoms with E-state index in [1.165, 1.54) is 152 Å². The second kappa shape index (κ2) is 27.7. The minimum absolute atomic E-state index is 0.540. The molecule has 30 heavy (non-hydrogen) atoms. The molecule has 0 bridgehead atoms. The van der Waals surface area contributed by atoms with Gasteiger partial charge < -0.3 is 4.74 Å². The van der Waals surface area contributed by atoms with E-state index in [-0.39, 0.29) is 0 Å². The fraction of sp³-hybridized carbons (Fsp3) is 1.00. The van der Waals surface area contributed by atoms with Crippen molar-refractivity contribution in [3.8, 4) is 0 Å². The molecule has 0 N–H and O–H groups in total. The Balaban J connectivity index is 3.74. The summed E-state index contributed by atoms with van der Waals surface area (Å²) in [6, 6.07) is 0. The molecule has 0 aromatic rings. The Bertz CT molecular complexity index is 294. The monoisotopic (exact) mass is 536 g/mol. The molecule has 0 aliphatic rings. The Morgan fingerprint density at radius 2 is 0.833 bits per heavy atom. The van der Waals surface area contributed by atoms with E-state index >= 15 is 0 Å². The summed E-state index contributed by atoms with van der Waals surface area (Å²) in [5.41, 5.74) is 0. The van der Waals surface area contributed by atoms with Crippen LogP contribution in [0.2, 0.25) is 0 Å². The molecule has 0 rings (SSSR count). The smallest absolute Gasteiger partial charge is 0.0575 e. The average molecular weight is 537 g/mol. The normalized spacial score (nSPS) is 12.5. The van der Waals surface area contributed by atoms with Gasteiger partial charge in [0.2, 0.25) is 0 Å². The number of unbranched alkanes of at least 4 members (excludes halogenated alkanes) is 18. The van der Waals surface area contributed by atoms with Crippen LogP contribution in [-0.2, 0) is 4.74 Å². The van der Waals surface area contributed by atoms with Gasteiger partial charge in [0.1, 0.15) is 0 Å². The third kappa shape index (κ3) is 25.0. The summed E-state index contributed by atoms with van der Waals surface area (Å²) in [5.74, 6) is 0. The van der Waals surface area contributed by atoms with Crippen LogP contribution in [0.1, 0.15) is 162 Å². The highest BCUT2D eigenvalue weighted by molar-refractivity contribution is 14.1. The van der Waals surface area contributed by atoms with E-state index in [1.54, 1.807) is 0 Å². The van der Waals surface area contributed by atoms with Crippen molar-refractivity contribution in [3.05, 3.63) is 0 Å². The second-order valence-corrected chi connectivity index (χ2v) is 10.6. The lowest BCUT2D eigenvalue weighted by Gasteiger charge is -2.18. The van der Waals surface area contributed by atoms with Crippen LogP contribution in [0.25, 0.3) is 0 Å². The molecule has 0 radical (unpaired) electrons. The van der Waals surface area contributed by atoms with Crippen LogP contribution in [-0.4, -0.2) is 17.1 Å². The van der Waals surface area contributed by atoms with Crippen molar-refractivity contribution in [1.82, 2.24) is 0 Å². The first-order valence-corrected chi connectivity index (χ1v) is 15.5. The van der Waals surface area contributed by atoms with E-state index in [1.807, 2.05) is 0 Å². The maximum absolute atomic E-state index is 6.36. The van der Waals surface area contributed by atoms with Gasteiger partial charge in [-0.05, 0) is 30.1 Å². The number of hydrogen-bond donors (Lipinski definition) is 0. The van der Waals surface area contributed by atoms with Crippen LogP contribution >= 0.6 is 22.6 Å². The Kier molecular flexibility index (Phi) is 28.4. The minimum atomic E-state index is 0.540. The van der Waals surface area contributed by atoms with Gasteiger partial charge in [0.25, 0.3) is 0 Å². The first-order chi connectivity index (χ1) is 14.8. The predicted molar refractivity (Wildman–Crippen MR) is 146 cm³/mol. The zero-order valence-electron chi connectivity index (χ0n) is 21.0. The molecule has 0 aromatic carbocycles. The van der Waals surface area contributed by atoms with E-state index in [2.05, 4.69) is 36.4 Å². The fourth-order valence-electron chi connectivity index (χ4n) is 4.30. The Labute approximate surface area is 205 Å². The lowest BCUT2D eigenvalue weighted by molar-refractivity contribution is 0.0357. The number of hydrogen-bond acceptors (Lipinski definition) is 1. The van der Waals surface area contributed by atoms with E-state index in [0.717, 1.165) is 6.61 Å². The summed E-state index contributed by atoms with van der Waals surface area (Å²) in [6.45, 7) is 5.60. The standard InChI is InChI=1S/C28H57IO/c1-3-5-7-9-11-12-13-14-16-20-24-28(25-21-17-18-22-26-29)30-27-23-19-15-10-8-6-4-2/h28H,3-27H2,1-2H3. The van der Waals surface area contributed by atoms with Gasteiger partial charge in [0.05, 0.1) is 6.10 Å². The maximum Gasteiger partial charge on any atom is 0.0575 e. The van der Waals surface area contributed by atoms with E-state index in [4.69, 9.17) is 4.74 Å². The number of rotatable bonds is 26. The third-order valence-corrected chi connectivity index (χ3v) is 7.15. The second-order valence-electron chi connectivity index (χ2n) is 9.48. The Morgan fingerprint density at radius 1 is 0.467 bits per heavy atom. The van der Waals surface area contributed by atoms with Crippen molar-refractivity contribution in [1.29, 1.82) is 0 Å². The number of ether oxygens (including phenoxy) is 1. The highest BCUT2D eigenvalue weighted by Gasteiger charge is 2.09. The van der Waals surface area contributed by atoms with Gasteiger partial charge in [-0.15, -0.1) is 0 Å². The first-order valence-electron chi connectivity index (χ1n) is 14.0. The molecule has 0 aliphatic heterocycles. The molecule has 0 aromatic heterocycles. The van der Waals surface area contributed by atoms with Gasteiger partial charge in [0, 0.05) is 6.61 Å². The molecule has 0 aliphatic carbocycles. The molecular weight excluding hydrogens is 479 g/mol. The van der Waals surface area contributed by atoms with Gasteiger partial charge in [-0.3, -0.25) is 0 Å². The van der Waals surface area contributed by atoms with E-state index < -0.39 is 0 Å². The highest BCUT2D eigenvalue weighted by atomic mass is 127. The molecule has 1 nitrogen and oxygen atoms in total. The molecular formula is C28H57IO. The molecule has 0 saturated carbocycles. The van der Waals surface area contributed by atoms with E-state index in [0.29, 0.717) is 6.10 Å². The Morgan fingerprint density at radius 3 is 1.27 bits per heavy atom. The van der Waals surface area contributed by atoms with Crippen molar-refractivity contribution in [2.75, 3.05) is 11.0 Å². The lowest BCUT2D eigenvalue weighted by Crippen LogP contribution is -2.14. The third-order valence-electron chi connectivity index (χ3n) is 6.39.